The number of nitrogens with zero attached hydrogens (tertiary/aromatic N) is 2. The lowest BCUT2D eigenvalue weighted by atomic mass is 9.88. The van der Waals surface area contributed by atoms with Crippen LogP contribution in [-0.4, -0.2) is 15.3 Å². The van der Waals surface area contributed by atoms with Gasteiger partial charge in [-0.2, -0.15) is 4.73 Å². The molecule has 22 heavy (non-hydrogen) atoms. The highest BCUT2D eigenvalue weighted by atomic mass is 32.1. The topological polar surface area (TPSA) is 36.2 Å². The van der Waals surface area contributed by atoms with Gasteiger partial charge in [0.1, 0.15) is 0 Å². The van der Waals surface area contributed by atoms with Gasteiger partial charge in [0.25, 0.3) is 0 Å². The first kappa shape index (κ1) is 15.0. The van der Waals surface area contributed by atoms with Crippen LogP contribution in [0.1, 0.15) is 43.4 Å². The summed E-state index contributed by atoms with van der Waals surface area (Å²) in [6, 6.07) is 8.88. The summed E-state index contributed by atoms with van der Waals surface area (Å²) in [6.45, 7) is 1.95. The molecule has 0 saturated heterocycles. The van der Waals surface area contributed by atoms with E-state index in [9.17, 15) is 4.79 Å². The summed E-state index contributed by atoms with van der Waals surface area (Å²) >= 11 is 5.46. The van der Waals surface area contributed by atoms with Crippen LogP contribution in [0.25, 0.3) is 0 Å². The summed E-state index contributed by atoms with van der Waals surface area (Å²) in [5, 5.41) is 0. The number of fused-ring (bicyclic) bond motifs is 1. The summed E-state index contributed by atoms with van der Waals surface area (Å²) in [6.07, 6.45) is 7.91. The smallest absolute Gasteiger partial charge is 0.333 e. The fourth-order valence-electron chi connectivity index (χ4n) is 3.00. The Kier molecular flexibility index (Phi) is 4.43. The molecule has 0 amide bonds. The van der Waals surface area contributed by atoms with Gasteiger partial charge in [-0.25, -0.2) is 4.79 Å². The second-order valence-electron chi connectivity index (χ2n) is 5.69. The van der Waals surface area contributed by atoms with Crippen molar-refractivity contribution in [3.05, 3.63) is 52.6 Å². The number of hydrogen-bond acceptors (Lipinski definition) is 3. The number of imidazole rings is 1. The van der Waals surface area contributed by atoms with Gasteiger partial charge in [0.2, 0.25) is 4.77 Å². The molecule has 0 bridgehead atoms. The Morgan fingerprint density at radius 2 is 2.09 bits per heavy atom. The molecule has 0 radical (unpaired) electrons. The Bertz CT molecular complexity index is 732. The molecule has 1 heterocycles. The van der Waals surface area contributed by atoms with E-state index in [1.165, 1.54) is 15.9 Å². The Morgan fingerprint density at radius 1 is 1.32 bits per heavy atom. The molecule has 1 unspecified atom stereocenters. The number of aryl methyl sites for hydroxylation is 1. The van der Waals surface area contributed by atoms with Gasteiger partial charge in [-0.3, -0.25) is 0 Å². The van der Waals surface area contributed by atoms with Gasteiger partial charge in [-0.15, -0.1) is 0 Å². The third-order valence-corrected chi connectivity index (χ3v) is 4.53. The van der Waals surface area contributed by atoms with Gasteiger partial charge in [0.15, 0.2) is 0 Å². The SMILES string of the molecule is CCCC(=O)On1ccn(C2CCc3ccccc3C2)c1=S. The summed E-state index contributed by atoms with van der Waals surface area (Å²) in [4.78, 5) is 16.9. The Morgan fingerprint density at radius 3 is 2.86 bits per heavy atom. The first-order chi connectivity index (χ1) is 10.7. The molecule has 0 spiro atoms. The fourth-order valence-corrected chi connectivity index (χ4v) is 3.30. The van der Waals surface area contributed by atoms with Crippen molar-refractivity contribution in [1.82, 2.24) is 9.30 Å². The van der Waals surface area contributed by atoms with Crippen LogP contribution in [0.15, 0.2) is 36.7 Å². The van der Waals surface area contributed by atoms with Gasteiger partial charge in [-0.1, -0.05) is 31.2 Å². The Balaban J connectivity index is 1.78. The minimum absolute atomic E-state index is 0.245. The van der Waals surface area contributed by atoms with E-state index in [-0.39, 0.29) is 5.97 Å². The molecule has 4 nitrogen and oxygen atoms in total. The number of aromatic nitrogens is 2. The molecule has 0 saturated carbocycles. The molecule has 116 valence electrons. The van der Waals surface area contributed by atoms with Crippen LogP contribution >= 0.6 is 12.2 Å². The van der Waals surface area contributed by atoms with Gasteiger partial charge < -0.3 is 9.40 Å². The lowest BCUT2D eigenvalue weighted by Crippen LogP contribution is -2.21. The monoisotopic (exact) mass is 316 g/mol. The highest BCUT2D eigenvalue weighted by Crippen LogP contribution is 2.29. The van der Waals surface area contributed by atoms with Crippen molar-refractivity contribution >= 4 is 18.2 Å². The fraction of sp³-hybridized carbons (Fsp3) is 0.412. The van der Waals surface area contributed by atoms with E-state index in [4.69, 9.17) is 17.1 Å². The van der Waals surface area contributed by atoms with E-state index in [1.807, 2.05) is 17.7 Å². The molecule has 2 aromatic rings. The highest BCUT2D eigenvalue weighted by Gasteiger charge is 2.21. The summed E-state index contributed by atoms with van der Waals surface area (Å²) < 4.78 is 4.01. The minimum Gasteiger partial charge on any atom is -0.334 e. The summed E-state index contributed by atoms with van der Waals surface area (Å²) in [7, 11) is 0. The predicted octanol–water partition coefficient (Wildman–Crippen LogP) is 3.50. The van der Waals surface area contributed by atoms with E-state index in [0.29, 0.717) is 17.2 Å². The minimum atomic E-state index is -0.245. The maximum absolute atomic E-state index is 11.6. The highest BCUT2D eigenvalue weighted by molar-refractivity contribution is 7.71. The van der Waals surface area contributed by atoms with Crippen LogP contribution in [0.3, 0.4) is 0 Å². The maximum Gasteiger partial charge on any atom is 0.333 e. The van der Waals surface area contributed by atoms with Crippen molar-refractivity contribution in [1.29, 1.82) is 0 Å². The zero-order valence-corrected chi connectivity index (χ0v) is 13.5. The number of carbonyl (C=O) groups excluding carboxylic acids is 1. The molecule has 0 fully saturated rings. The number of benzene rings is 1. The number of hydrogen-bond donors (Lipinski definition) is 0. The van der Waals surface area contributed by atoms with Crippen LogP contribution in [0.4, 0.5) is 0 Å². The lowest BCUT2D eigenvalue weighted by molar-refractivity contribution is -0.144. The third kappa shape index (κ3) is 2.99. The molecule has 0 aliphatic heterocycles. The zero-order valence-electron chi connectivity index (χ0n) is 12.7. The largest absolute Gasteiger partial charge is 0.334 e. The van der Waals surface area contributed by atoms with E-state index < -0.39 is 0 Å². The van der Waals surface area contributed by atoms with Crippen molar-refractivity contribution in [2.75, 3.05) is 0 Å². The van der Waals surface area contributed by atoms with Crippen molar-refractivity contribution < 1.29 is 9.63 Å². The number of carbonyl (C=O) groups is 1. The second-order valence-corrected chi connectivity index (χ2v) is 6.06. The average molecular weight is 316 g/mol. The first-order valence-corrected chi connectivity index (χ1v) is 8.17. The van der Waals surface area contributed by atoms with Gasteiger partial charge in [0.05, 0.1) is 6.20 Å². The molecular formula is C17H20N2O2S. The second kappa shape index (κ2) is 6.48. The molecule has 1 atom stereocenters. The summed E-state index contributed by atoms with van der Waals surface area (Å²) in [5.41, 5.74) is 2.82. The quantitative estimate of drug-likeness (QED) is 0.810. The third-order valence-electron chi connectivity index (χ3n) is 4.14. The predicted molar refractivity (Wildman–Crippen MR) is 87.3 cm³/mol. The molecule has 1 aromatic heterocycles. The van der Waals surface area contributed by atoms with E-state index in [2.05, 4.69) is 24.3 Å². The van der Waals surface area contributed by atoms with Crippen molar-refractivity contribution in [3.8, 4) is 0 Å². The van der Waals surface area contributed by atoms with Crippen LogP contribution in [-0.2, 0) is 17.6 Å². The van der Waals surface area contributed by atoms with Crippen molar-refractivity contribution in [3.63, 3.8) is 0 Å². The molecule has 1 aliphatic rings. The first-order valence-electron chi connectivity index (χ1n) is 7.76. The van der Waals surface area contributed by atoms with E-state index >= 15 is 0 Å². The zero-order chi connectivity index (χ0) is 15.5. The standard InChI is InChI=1S/C17H20N2O2S/c1-2-5-16(20)21-19-11-10-18(17(19)22)15-9-8-13-6-3-4-7-14(13)12-15/h3-4,6-7,10-11,15H,2,5,8-9,12H2,1H3. The van der Waals surface area contributed by atoms with Crippen LogP contribution in [0.2, 0.25) is 0 Å². The van der Waals surface area contributed by atoms with E-state index in [1.54, 1.807) is 6.20 Å². The van der Waals surface area contributed by atoms with Gasteiger partial charge in [0, 0.05) is 18.7 Å². The lowest BCUT2D eigenvalue weighted by Gasteiger charge is -2.25. The van der Waals surface area contributed by atoms with Gasteiger partial charge in [-0.05, 0) is 49.0 Å². The normalized spacial score (nSPS) is 17.0. The molecule has 5 heteroatoms. The van der Waals surface area contributed by atoms with Gasteiger partial charge >= 0.3 is 5.97 Å². The molecule has 1 aromatic carbocycles. The number of rotatable bonds is 4. The van der Waals surface area contributed by atoms with Crippen LogP contribution < -0.4 is 4.84 Å². The molecule has 0 N–H and O–H groups in total. The summed E-state index contributed by atoms with van der Waals surface area (Å²) in [5.74, 6) is -0.245. The van der Waals surface area contributed by atoms with Crippen molar-refractivity contribution in [2.45, 2.75) is 45.1 Å². The van der Waals surface area contributed by atoms with Crippen LogP contribution in [0.5, 0.6) is 0 Å². The van der Waals surface area contributed by atoms with Crippen molar-refractivity contribution in [2.24, 2.45) is 0 Å². The maximum atomic E-state index is 11.6. The van der Waals surface area contributed by atoms with E-state index in [0.717, 1.165) is 25.7 Å². The molecule has 3 rings (SSSR count). The molecular weight excluding hydrogens is 296 g/mol. The average Bonchev–Trinajstić information content (AvgIpc) is 2.88. The Labute approximate surface area is 135 Å². The molecule has 1 aliphatic carbocycles. The Hall–Kier alpha value is -1.88. The van der Waals surface area contributed by atoms with Crippen LogP contribution in [0, 0.1) is 4.77 Å².